The summed E-state index contributed by atoms with van der Waals surface area (Å²) in [5.41, 5.74) is 3.68. The number of hydrogen-bond donors (Lipinski definition) is 1. The van der Waals surface area contributed by atoms with Gasteiger partial charge in [-0.2, -0.15) is 0 Å². The lowest BCUT2D eigenvalue weighted by atomic mass is 9.94. The lowest BCUT2D eigenvalue weighted by molar-refractivity contribution is -0.116. The predicted octanol–water partition coefficient (Wildman–Crippen LogP) is 3.75. The van der Waals surface area contributed by atoms with Crippen molar-refractivity contribution in [3.8, 4) is 5.75 Å². The van der Waals surface area contributed by atoms with Crippen LogP contribution in [0.5, 0.6) is 5.75 Å². The van der Waals surface area contributed by atoms with Crippen molar-refractivity contribution < 1.29 is 14.7 Å². The number of aromatic hydroxyl groups is 1. The molecule has 0 fully saturated rings. The molecule has 0 aliphatic heterocycles. The van der Waals surface area contributed by atoms with Crippen molar-refractivity contribution in [1.82, 2.24) is 4.57 Å². The molecule has 2 aromatic carbocycles. The maximum atomic E-state index is 12.7. The molecule has 154 valence electrons. The summed E-state index contributed by atoms with van der Waals surface area (Å²) in [6, 6.07) is 14.2. The molecule has 0 saturated heterocycles. The quantitative estimate of drug-likeness (QED) is 0.636. The van der Waals surface area contributed by atoms with Crippen LogP contribution >= 0.6 is 0 Å². The number of ketones is 2. The maximum absolute atomic E-state index is 12.7. The predicted molar refractivity (Wildman–Crippen MR) is 116 cm³/mol. The number of carbonyl (C=O) groups excluding carboxylic acids is 2. The van der Waals surface area contributed by atoms with Gasteiger partial charge in [-0.05, 0) is 60.9 Å². The fraction of sp³-hybridized carbons (Fsp3) is 0.320. The van der Waals surface area contributed by atoms with Crippen LogP contribution in [-0.2, 0) is 31.1 Å². The first-order chi connectivity index (χ1) is 14.3. The molecule has 1 heterocycles. The zero-order chi connectivity index (χ0) is 21.4. The number of nitrogens with zero attached hydrogens (tertiary/aromatic N) is 1. The van der Waals surface area contributed by atoms with E-state index in [1.54, 1.807) is 7.05 Å². The minimum absolute atomic E-state index is 0.0573. The molecule has 5 nitrogen and oxygen atoms in total. The summed E-state index contributed by atoms with van der Waals surface area (Å²) in [4.78, 5) is 36.4. The zero-order valence-corrected chi connectivity index (χ0v) is 17.3. The van der Waals surface area contributed by atoms with E-state index in [9.17, 15) is 19.5 Å². The van der Waals surface area contributed by atoms with E-state index in [0.29, 0.717) is 16.8 Å². The Morgan fingerprint density at radius 3 is 2.37 bits per heavy atom. The first kappa shape index (κ1) is 20.1. The van der Waals surface area contributed by atoms with Gasteiger partial charge in [0.1, 0.15) is 17.1 Å². The monoisotopic (exact) mass is 403 g/mol. The number of pyridine rings is 1. The number of hydrogen-bond acceptors (Lipinski definition) is 4. The number of carbonyl (C=O) groups is 2. The van der Waals surface area contributed by atoms with Crippen molar-refractivity contribution >= 4 is 22.5 Å². The number of Topliss-reactive ketones (excluding diaryl/α,β-unsaturated/α-hetero) is 2. The highest BCUT2D eigenvalue weighted by molar-refractivity contribution is 6.04. The van der Waals surface area contributed by atoms with Crippen molar-refractivity contribution in [3.05, 3.63) is 75.1 Å². The number of fused-ring (bicyclic) bond motifs is 2. The Labute approximate surface area is 175 Å². The number of aromatic nitrogens is 1. The largest absolute Gasteiger partial charge is 0.506 e. The molecule has 0 unspecified atom stereocenters. The molecule has 0 atom stereocenters. The molecule has 0 spiro atoms. The normalized spacial score (nSPS) is 13.5. The fourth-order valence-electron chi connectivity index (χ4n) is 4.50. The van der Waals surface area contributed by atoms with Crippen LogP contribution in [0.3, 0.4) is 0 Å². The van der Waals surface area contributed by atoms with Gasteiger partial charge in [-0.25, -0.2) is 0 Å². The fourth-order valence-corrected chi connectivity index (χ4v) is 4.50. The second kappa shape index (κ2) is 7.90. The van der Waals surface area contributed by atoms with Crippen molar-refractivity contribution in [2.24, 2.45) is 13.0 Å². The summed E-state index contributed by atoms with van der Waals surface area (Å²) < 4.78 is 1.39. The molecule has 0 radical (unpaired) electrons. The maximum Gasteiger partial charge on any atom is 0.265 e. The smallest absolute Gasteiger partial charge is 0.265 e. The van der Waals surface area contributed by atoms with Crippen LogP contribution in [0, 0.1) is 5.92 Å². The minimum Gasteiger partial charge on any atom is -0.506 e. The van der Waals surface area contributed by atoms with Crippen LogP contribution in [0.25, 0.3) is 10.9 Å². The Hall–Kier alpha value is -3.21. The first-order valence-corrected chi connectivity index (χ1v) is 10.3. The molecule has 30 heavy (non-hydrogen) atoms. The van der Waals surface area contributed by atoms with Crippen molar-refractivity contribution in [3.63, 3.8) is 0 Å². The van der Waals surface area contributed by atoms with Gasteiger partial charge in [0.25, 0.3) is 5.56 Å². The molecule has 3 aromatic rings. The van der Waals surface area contributed by atoms with E-state index in [0.717, 1.165) is 24.8 Å². The van der Waals surface area contributed by atoms with Gasteiger partial charge in [0.2, 0.25) is 0 Å². The van der Waals surface area contributed by atoms with Gasteiger partial charge in [-0.1, -0.05) is 30.3 Å². The van der Waals surface area contributed by atoms with Gasteiger partial charge in [-0.15, -0.1) is 0 Å². The third-order valence-electron chi connectivity index (χ3n) is 6.08. The van der Waals surface area contributed by atoms with Gasteiger partial charge < -0.3 is 14.5 Å². The summed E-state index contributed by atoms with van der Waals surface area (Å²) in [6.07, 6.45) is 2.90. The molecule has 0 saturated carbocycles. The van der Waals surface area contributed by atoms with Crippen LogP contribution in [0.1, 0.15) is 46.8 Å². The standard InChI is InChI=1S/C25H25NO4/c1-15(27)7-10-22(28)23-24(29)20-14-16(8-9-21(20)26(2)25(23)30)11-17-12-18-5-3-4-6-19(18)13-17/h3-6,8-9,14,17,29H,7,10-13H2,1-2H3. The van der Waals surface area contributed by atoms with Crippen molar-refractivity contribution in [2.45, 2.75) is 39.0 Å². The van der Waals surface area contributed by atoms with Crippen LogP contribution in [0.4, 0.5) is 0 Å². The summed E-state index contributed by atoms with van der Waals surface area (Å²) in [5.74, 6) is -0.411. The number of benzene rings is 2. The Bertz CT molecular complexity index is 1200. The van der Waals surface area contributed by atoms with Crippen LogP contribution in [0.15, 0.2) is 47.3 Å². The number of rotatable bonds is 6. The summed E-state index contributed by atoms with van der Waals surface area (Å²) >= 11 is 0. The van der Waals surface area contributed by atoms with E-state index in [1.807, 2.05) is 18.2 Å². The average Bonchev–Trinajstić information content (AvgIpc) is 3.13. The van der Waals surface area contributed by atoms with E-state index in [1.165, 1.54) is 22.6 Å². The Morgan fingerprint density at radius 2 is 1.73 bits per heavy atom. The second-order valence-electron chi connectivity index (χ2n) is 8.31. The van der Waals surface area contributed by atoms with E-state index in [-0.39, 0.29) is 29.9 Å². The van der Waals surface area contributed by atoms with Crippen LogP contribution in [0.2, 0.25) is 0 Å². The van der Waals surface area contributed by atoms with Gasteiger partial charge in [0.15, 0.2) is 5.78 Å². The summed E-state index contributed by atoms with van der Waals surface area (Å²) in [7, 11) is 1.60. The average molecular weight is 403 g/mol. The second-order valence-corrected chi connectivity index (χ2v) is 8.31. The van der Waals surface area contributed by atoms with Gasteiger partial charge in [-0.3, -0.25) is 9.59 Å². The molecule has 1 aliphatic rings. The zero-order valence-electron chi connectivity index (χ0n) is 17.3. The van der Waals surface area contributed by atoms with Crippen LogP contribution in [-0.4, -0.2) is 21.2 Å². The first-order valence-electron chi connectivity index (χ1n) is 10.3. The molecule has 1 aliphatic carbocycles. The SMILES string of the molecule is CC(=O)CCC(=O)c1c(O)c2cc(CC3Cc4ccccc4C3)ccc2n(C)c1=O. The number of aryl methyl sites for hydroxylation is 1. The molecule has 0 amide bonds. The van der Waals surface area contributed by atoms with Crippen molar-refractivity contribution in [1.29, 1.82) is 0 Å². The highest BCUT2D eigenvalue weighted by Gasteiger charge is 2.23. The van der Waals surface area contributed by atoms with Gasteiger partial charge in [0, 0.05) is 25.3 Å². The molecule has 1 N–H and O–H groups in total. The highest BCUT2D eigenvalue weighted by atomic mass is 16.3. The van der Waals surface area contributed by atoms with Crippen LogP contribution < -0.4 is 5.56 Å². The molecule has 5 heteroatoms. The van der Waals surface area contributed by atoms with Gasteiger partial charge >= 0.3 is 0 Å². The van der Waals surface area contributed by atoms with E-state index in [2.05, 4.69) is 24.3 Å². The summed E-state index contributed by atoms with van der Waals surface area (Å²) in [6.45, 7) is 1.40. The van der Waals surface area contributed by atoms with Gasteiger partial charge in [0.05, 0.1) is 5.52 Å². The molecule has 1 aromatic heterocycles. The van der Waals surface area contributed by atoms with E-state index < -0.39 is 11.3 Å². The Balaban J connectivity index is 1.67. The van der Waals surface area contributed by atoms with Crippen molar-refractivity contribution in [2.75, 3.05) is 0 Å². The highest BCUT2D eigenvalue weighted by Crippen LogP contribution is 2.32. The lowest BCUT2D eigenvalue weighted by Crippen LogP contribution is -2.25. The minimum atomic E-state index is -0.535. The third-order valence-corrected chi connectivity index (χ3v) is 6.08. The molecular formula is C25H25NO4. The molecule has 0 bridgehead atoms. The topological polar surface area (TPSA) is 76.4 Å². The Kier molecular flexibility index (Phi) is 5.29. The van der Waals surface area contributed by atoms with E-state index in [4.69, 9.17) is 0 Å². The van der Waals surface area contributed by atoms with E-state index >= 15 is 0 Å². The summed E-state index contributed by atoms with van der Waals surface area (Å²) in [5, 5.41) is 11.3. The lowest BCUT2D eigenvalue weighted by Gasteiger charge is -2.14. The molecule has 4 rings (SSSR count). The Morgan fingerprint density at radius 1 is 1.07 bits per heavy atom. The third kappa shape index (κ3) is 3.67. The molecular weight excluding hydrogens is 378 g/mol.